The Morgan fingerprint density at radius 3 is 2.80 bits per heavy atom. The lowest BCUT2D eigenvalue weighted by Gasteiger charge is -2.26. The third-order valence-electron chi connectivity index (χ3n) is 4.03. The molecule has 0 aliphatic carbocycles. The van der Waals surface area contributed by atoms with Crippen molar-refractivity contribution in [2.24, 2.45) is 0 Å². The van der Waals surface area contributed by atoms with Gasteiger partial charge in [-0.15, -0.1) is 0 Å². The molecule has 0 bridgehead atoms. The molecule has 134 valence electrons. The summed E-state index contributed by atoms with van der Waals surface area (Å²) in [5.74, 6) is 0.128. The van der Waals surface area contributed by atoms with E-state index in [1.807, 2.05) is 6.20 Å². The lowest BCUT2D eigenvalue weighted by molar-refractivity contribution is 0.0360. The minimum atomic E-state index is -0.415. The number of carbonyl (C=O) groups excluding carboxylic acids is 1. The van der Waals surface area contributed by atoms with Crippen LogP contribution in [0, 0.1) is 5.82 Å². The number of amides is 2. The largest absolute Gasteiger partial charge is 0.379 e. The number of nitrogens with one attached hydrogen (secondary N) is 2. The molecule has 2 aromatic rings. The maximum atomic E-state index is 13.5. The summed E-state index contributed by atoms with van der Waals surface area (Å²) in [5, 5.41) is 9.59. The summed E-state index contributed by atoms with van der Waals surface area (Å²) < 4.78 is 20.6. The number of anilines is 1. The molecule has 0 saturated carbocycles. The van der Waals surface area contributed by atoms with Crippen LogP contribution < -0.4 is 10.6 Å². The zero-order valence-corrected chi connectivity index (χ0v) is 13.9. The average molecular weight is 347 g/mol. The molecule has 25 heavy (non-hydrogen) atoms. The topological polar surface area (TPSA) is 71.4 Å². The number of urea groups is 1. The lowest BCUT2D eigenvalue weighted by Crippen LogP contribution is -2.38. The van der Waals surface area contributed by atoms with E-state index in [-0.39, 0.29) is 12.4 Å². The fourth-order valence-electron chi connectivity index (χ4n) is 2.60. The molecule has 0 atom stereocenters. The predicted octanol–water partition coefficient (Wildman–Crippen LogP) is 1.68. The fraction of sp³-hybridized carbons (Fsp3) is 0.412. The molecule has 1 aromatic heterocycles. The predicted molar refractivity (Wildman–Crippen MR) is 91.7 cm³/mol. The molecule has 1 aromatic carbocycles. The minimum absolute atomic E-state index is 0.121. The standard InChI is InChI=1S/C17H22FN5O2/c18-15-4-2-1-3-14(15)13-19-17(24)20-16-5-6-23(21-16)8-7-22-9-11-25-12-10-22/h1-6H,7-13H2,(H2,19,20,21,24). The van der Waals surface area contributed by atoms with Gasteiger partial charge in [-0.3, -0.25) is 14.9 Å². The maximum Gasteiger partial charge on any atom is 0.320 e. The second-order valence-electron chi connectivity index (χ2n) is 5.82. The molecular formula is C17H22FN5O2. The number of aromatic nitrogens is 2. The highest BCUT2D eigenvalue weighted by atomic mass is 19.1. The first-order valence-corrected chi connectivity index (χ1v) is 8.32. The Labute approximate surface area is 145 Å². The SMILES string of the molecule is O=C(NCc1ccccc1F)Nc1ccn(CCN2CCOCC2)n1. The summed E-state index contributed by atoms with van der Waals surface area (Å²) in [6, 6.07) is 7.67. The summed E-state index contributed by atoms with van der Waals surface area (Å²) >= 11 is 0. The van der Waals surface area contributed by atoms with Crippen LogP contribution in [0.4, 0.5) is 15.0 Å². The van der Waals surface area contributed by atoms with Gasteiger partial charge in [0.1, 0.15) is 5.82 Å². The van der Waals surface area contributed by atoms with Crippen LogP contribution in [0.3, 0.4) is 0 Å². The van der Waals surface area contributed by atoms with Gasteiger partial charge in [0.25, 0.3) is 0 Å². The van der Waals surface area contributed by atoms with Crippen LogP contribution in [0.25, 0.3) is 0 Å². The van der Waals surface area contributed by atoms with E-state index in [0.717, 1.165) is 39.4 Å². The van der Waals surface area contributed by atoms with Gasteiger partial charge in [0.15, 0.2) is 5.82 Å². The van der Waals surface area contributed by atoms with Gasteiger partial charge in [-0.1, -0.05) is 18.2 Å². The Kier molecular flexibility index (Phi) is 5.97. The molecule has 8 heteroatoms. The first-order valence-electron chi connectivity index (χ1n) is 8.32. The fourth-order valence-corrected chi connectivity index (χ4v) is 2.60. The molecule has 1 aliphatic heterocycles. The lowest BCUT2D eigenvalue weighted by atomic mass is 10.2. The van der Waals surface area contributed by atoms with Crippen LogP contribution in [0.5, 0.6) is 0 Å². The average Bonchev–Trinajstić information content (AvgIpc) is 3.07. The van der Waals surface area contributed by atoms with Crippen molar-refractivity contribution in [3.8, 4) is 0 Å². The van der Waals surface area contributed by atoms with Crippen LogP contribution in [-0.2, 0) is 17.8 Å². The van der Waals surface area contributed by atoms with E-state index < -0.39 is 6.03 Å². The monoisotopic (exact) mass is 347 g/mol. The van der Waals surface area contributed by atoms with Crippen LogP contribution in [-0.4, -0.2) is 53.6 Å². The number of hydrogen-bond donors (Lipinski definition) is 2. The summed E-state index contributed by atoms with van der Waals surface area (Å²) in [7, 11) is 0. The number of nitrogens with zero attached hydrogens (tertiary/aromatic N) is 3. The molecule has 2 heterocycles. The number of hydrogen-bond acceptors (Lipinski definition) is 4. The van der Waals surface area contributed by atoms with Crippen LogP contribution >= 0.6 is 0 Å². The summed E-state index contributed by atoms with van der Waals surface area (Å²) in [6.45, 7) is 5.18. The van der Waals surface area contributed by atoms with E-state index in [0.29, 0.717) is 11.4 Å². The van der Waals surface area contributed by atoms with Crippen molar-refractivity contribution in [3.05, 3.63) is 47.9 Å². The molecule has 1 fully saturated rings. The van der Waals surface area contributed by atoms with Gasteiger partial charge < -0.3 is 10.1 Å². The van der Waals surface area contributed by atoms with Gasteiger partial charge in [0.2, 0.25) is 0 Å². The van der Waals surface area contributed by atoms with Crippen molar-refractivity contribution >= 4 is 11.8 Å². The van der Waals surface area contributed by atoms with Crippen molar-refractivity contribution in [1.29, 1.82) is 0 Å². The summed E-state index contributed by atoms with van der Waals surface area (Å²) in [5.41, 5.74) is 0.439. The second-order valence-corrected chi connectivity index (χ2v) is 5.82. The van der Waals surface area contributed by atoms with E-state index >= 15 is 0 Å². The molecule has 7 nitrogen and oxygen atoms in total. The molecule has 0 unspecified atom stereocenters. The molecule has 1 saturated heterocycles. The van der Waals surface area contributed by atoms with Crippen molar-refractivity contribution in [3.63, 3.8) is 0 Å². The van der Waals surface area contributed by atoms with Gasteiger partial charge in [-0.2, -0.15) is 5.10 Å². The number of rotatable bonds is 6. The van der Waals surface area contributed by atoms with E-state index in [1.165, 1.54) is 6.07 Å². The van der Waals surface area contributed by atoms with Crippen molar-refractivity contribution in [2.75, 3.05) is 38.2 Å². The molecule has 2 N–H and O–H groups in total. The van der Waals surface area contributed by atoms with Crippen molar-refractivity contribution < 1.29 is 13.9 Å². The minimum Gasteiger partial charge on any atom is -0.379 e. The molecule has 1 aliphatic rings. The van der Waals surface area contributed by atoms with Gasteiger partial charge >= 0.3 is 6.03 Å². The van der Waals surface area contributed by atoms with Crippen molar-refractivity contribution in [1.82, 2.24) is 20.0 Å². The summed E-state index contributed by atoms with van der Waals surface area (Å²) in [4.78, 5) is 14.2. The number of carbonyl (C=O) groups is 1. The Morgan fingerprint density at radius 1 is 1.20 bits per heavy atom. The molecule has 0 radical (unpaired) electrons. The Bertz CT molecular complexity index is 700. The highest BCUT2D eigenvalue weighted by molar-refractivity contribution is 5.88. The zero-order chi connectivity index (χ0) is 17.5. The Balaban J connectivity index is 1.42. The van der Waals surface area contributed by atoms with E-state index in [1.54, 1.807) is 28.9 Å². The zero-order valence-electron chi connectivity index (χ0n) is 13.9. The van der Waals surface area contributed by atoms with E-state index in [2.05, 4.69) is 20.6 Å². The van der Waals surface area contributed by atoms with E-state index in [4.69, 9.17) is 4.74 Å². The Morgan fingerprint density at radius 2 is 2.00 bits per heavy atom. The first-order chi connectivity index (χ1) is 12.2. The normalized spacial score (nSPS) is 15.1. The van der Waals surface area contributed by atoms with Gasteiger partial charge in [-0.25, -0.2) is 9.18 Å². The Hall–Kier alpha value is -2.45. The molecule has 0 spiro atoms. The van der Waals surface area contributed by atoms with Gasteiger partial charge in [0, 0.05) is 44.0 Å². The van der Waals surface area contributed by atoms with Crippen LogP contribution in [0.15, 0.2) is 36.5 Å². The number of morpholine rings is 1. The van der Waals surface area contributed by atoms with Crippen LogP contribution in [0.2, 0.25) is 0 Å². The highest BCUT2D eigenvalue weighted by Crippen LogP contribution is 2.06. The smallest absolute Gasteiger partial charge is 0.320 e. The number of benzene rings is 1. The van der Waals surface area contributed by atoms with Crippen LogP contribution in [0.1, 0.15) is 5.56 Å². The number of ether oxygens (including phenoxy) is 1. The maximum absolute atomic E-state index is 13.5. The third-order valence-corrected chi connectivity index (χ3v) is 4.03. The third kappa shape index (κ3) is 5.27. The van der Waals surface area contributed by atoms with Gasteiger partial charge in [-0.05, 0) is 6.07 Å². The number of halogens is 1. The molecule has 3 rings (SSSR count). The van der Waals surface area contributed by atoms with E-state index in [9.17, 15) is 9.18 Å². The summed E-state index contributed by atoms with van der Waals surface area (Å²) in [6.07, 6.45) is 1.83. The highest BCUT2D eigenvalue weighted by Gasteiger charge is 2.11. The molecule has 2 amide bonds. The quantitative estimate of drug-likeness (QED) is 0.834. The molecular weight excluding hydrogens is 325 g/mol. The second kappa shape index (κ2) is 8.59. The van der Waals surface area contributed by atoms with Crippen molar-refractivity contribution in [2.45, 2.75) is 13.1 Å². The first kappa shape index (κ1) is 17.4. The van der Waals surface area contributed by atoms with Gasteiger partial charge in [0.05, 0.1) is 19.8 Å².